The van der Waals surface area contributed by atoms with Crippen molar-refractivity contribution in [1.82, 2.24) is 38.6 Å². The van der Waals surface area contributed by atoms with Crippen molar-refractivity contribution in [1.29, 1.82) is 0 Å². The summed E-state index contributed by atoms with van der Waals surface area (Å²) in [5, 5.41) is 13.7. The summed E-state index contributed by atoms with van der Waals surface area (Å²) in [6.07, 6.45) is -8.96. The molecule has 1 amide bonds. The Morgan fingerprint density at radius 1 is 0.917 bits per heavy atom. The maximum Gasteiger partial charge on any atom is 0.386 e. The SMILES string of the molecule is Nc1ncnc2c1ncn2[C@@H]1O[C@@H]2COP(=O)(S)O[C@@H]3[C@H](O)[C@@H](COP(=O)(S)O[C@H]2[C@@H]1F)O[C@H]3n1cnc2c(=O)n3c(nc21)NC(=O)C3. The Balaban J connectivity index is 1.11. The molecule has 21 nitrogen and oxygen atoms in total. The summed E-state index contributed by atoms with van der Waals surface area (Å²) in [6, 6.07) is 0. The normalized spacial score (nSPS) is 37.1. The summed E-state index contributed by atoms with van der Waals surface area (Å²) in [4.78, 5) is 45.3. The summed E-state index contributed by atoms with van der Waals surface area (Å²) in [6.45, 7) is -10.5. The van der Waals surface area contributed by atoms with Gasteiger partial charge in [-0.1, -0.05) is 24.5 Å². The summed E-state index contributed by atoms with van der Waals surface area (Å²) >= 11 is 8.07. The van der Waals surface area contributed by atoms with Gasteiger partial charge in [-0.05, 0) is 0 Å². The minimum absolute atomic E-state index is 0.0376. The van der Waals surface area contributed by atoms with E-state index < -0.39 is 87.4 Å². The van der Waals surface area contributed by atoms with Gasteiger partial charge in [0.05, 0.1) is 25.9 Å². The molecule has 0 saturated carbocycles. The molecule has 4 aliphatic heterocycles. The number of alkyl halides is 1. The number of aromatic nitrogens is 8. The molecule has 4 aliphatic rings. The molecule has 8 rings (SSSR count). The number of imidazole rings is 2. The van der Waals surface area contributed by atoms with Gasteiger partial charge in [-0.25, -0.2) is 33.5 Å². The van der Waals surface area contributed by atoms with Gasteiger partial charge in [-0.15, -0.1) is 0 Å². The van der Waals surface area contributed by atoms with Gasteiger partial charge in [0.25, 0.3) is 5.56 Å². The Labute approximate surface area is 276 Å². The average molecular weight is 749 g/mol. The number of ether oxygens (including phenoxy) is 2. The van der Waals surface area contributed by atoms with E-state index in [1.165, 1.54) is 21.8 Å². The van der Waals surface area contributed by atoms with Gasteiger partial charge in [0.2, 0.25) is 11.9 Å². The van der Waals surface area contributed by atoms with Crippen molar-refractivity contribution in [2.75, 3.05) is 24.3 Å². The second-order valence-electron chi connectivity index (χ2n) is 11.0. The predicted molar refractivity (Wildman–Crippen MR) is 164 cm³/mol. The third-order valence-corrected chi connectivity index (χ3v) is 11.3. The lowest BCUT2D eigenvalue weighted by Gasteiger charge is -2.26. The molecule has 0 aromatic carbocycles. The van der Waals surface area contributed by atoms with E-state index in [4.69, 9.17) is 33.3 Å². The predicted octanol–water partition coefficient (Wildman–Crippen LogP) is 0.354. The average Bonchev–Trinajstić information content (AvgIpc) is 3.84. The van der Waals surface area contributed by atoms with E-state index >= 15 is 4.39 Å². The van der Waals surface area contributed by atoms with Crippen LogP contribution in [0.5, 0.6) is 0 Å². The van der Waals surface area contributed by atoms with E-state index in [1.807, 2.05) is 0 Å². The third-order valence-electron chi connectivity index (χ3n) is 8.06. The summed E-state index contributed by atoms with van der Waals surface area (Å²) in [5.74, 6) is -0.479. The number of anilines is 2. The number of thiol groups is 2. The number of nitrogens with zero attached hydrogens (tertiary/aromatic N) is 8. The number of aliphatic hydroxyl groups is 1. The van der Waals surface area contributed by atoms with Gasteiger partial charge in [-0.3, -0.25) is 46.7 Å². The van der Waals surface area contributed by atoms with E-state index in [-0.39, 0.29) is 40.6 Å². The van der Waals surface area contributed by atoms with Gasteiger partial charge >= 0.3 is 13.6 Å². The fourth-order valence-corrected chi connectivity index (χ4v) is 8.81. The molecule has 26 heteroatoms. The molecule has 4 aromatic rings. The lowest BCUT2D eigenvalue weighted by molar-refractivity contribution is -0.115. The number of nitrogen functional groups attached to an aromatic ring is 1. The molecule has 8 heterocycles. The number of hydrogen-bond acceptors (Lipinski definition) is 17. The smallest absolute Gasteiger partial charge is 0.386 e. The van der Waals surface area contributed by atoms with Crippen molar-refractivity contribution in [3.05, 3.63) is 29.3 Å². The minimum Gasteiger partial charge on any atom is -0.387 e. The molecule has 4 N–H and O–H groups in total. The molecule has 4 aromatic heterocycles. The van der Waals surface area contributed by atoms with Crippen LogP contribution in [0.3, 0.4) is 0 Å². The fourth-order valence-electron chi connectivity index (χ4n) is 5.87. The summed E-state index contributed by atoms with van der Waals surface area (Å²) in [7, 11) is 0. The van der Waals surface area contributed by atoms with Crippen LogP contribution in [0, 0.1) is 0 Å². The zero-order valence-electron chi connectivity index (χ0n) is 23.8. The van der Waals surface area contributed by atoms with Crippen LogP contribution in [0.4, 0.5) is 16.2 Å². The quantitative estimate of drug-likeness (QED) is 0.137. The number of fused-ring (bicyclic) bond motifs is 6. The number of nitrogens with two attached hydrogens (primary N) is 1. The first-order chi connectivity index (χ1) is 22.8. The number of rotatable bonds is 2. The fraction of sp³-hybridized carbons (Fsp3) is 0.500. The van der Waals surface area contributed by atoms with Crippen LogP contribution in [0.15, 0.2) is 23.8 Å². The van der Waals surface area contributed by atoms with Crippen LogP contribution in [0.1, 0.15) is 12.5 Å². The number of hydrogen-bond donors (Lipinski definition) is 5. The van der Waals surface area contributed by atoms with E-state index in [9.17, 15) is 23.8 Å². The van der Waals surface area contributed by atoms with Gasteiger partial charge in [0.1, 0.15) is 48.9 Å². The largest absolute Gasteiger partial charge is 0.387 e. The molecular weight excluding hydrogens is 725 g/mol. The van der Waals surface area contributed by atoms with Gasteiger partial charge < -0.3 is 20.3 Å². The molecule has 3 fully saturated rings. The summed E-state index contributed by atoms with van der Waals surface area (Å²) < 4.78 is 80.6. The Bertz CT molecular complexity index is 2140. The Morgan fingerprint density at radius 3 is 2.31 bits per heavy atom. The number of carbonyl (C=O) groups excluding carboxylic acids is 1. The lowest BCUT2D eigenvalue weighted by atomic mass is 10.1. The molecule has 0 spiro atoms. The molecule has 0 radical (unpaired) electrons. The second-order valence-corrected chi connectivity index (χ2v) is 16.8. The third kappa shape index (κ3) is 5.35. The second kappa shape index (κ2) is 11.5. The highest BCUT2D eigenvalue weighted by Crippen LogP contribution is 2.60. The monoisotopic (exact) mass is 748 g/mol. The minimum atomic E-state index is -4.46. The zero-order valence-corrected chi connectivity index (χ0v) is 27.4. The molecular formula is C22H23FN10O11P2S2. The molecule has 48 heavy (non-hydrogen) atoms. The first kappa shape index (κ1) is 32.2. The van der Waals surface area contributed by atoms with Crippen LogP contribution in [-0.4, -0.2) is 99.5 Å². The van der Waals surface area contributed by atoms with Gasteiger partial charge in [0.15, 0.2) is 41.3 Å². The van der Waals surface area contributed by atoms with Crippen molar-refractivity contribution in [2.24, 2.45) is 0 Å². The van der Waals surface area contributed by atoms with Crippen LogP contribution in [-0.2, 0) is 48.0 Å². The highest BCUT2D eigenvalue weighted by Gasteiger charge is 2.54. The lowest BCUT2D eigenvalue weighted by Crippen LogP contribution is -2.35. The first-order valence-electron chi connectivity index (χ1n) is 13.9. The molecule has 3 saturated heterocycles. The molecule has 0 aliphatic carbocycles. The highest BCUT2D eigenvalue weighted by atomic mass is 32.7. The van der Waals surface area contributed by atoms with E-state index in [0.717, 1.165) is 10.9 Å². The van der Waals surface area contributed by atoms with Gasteiger partial charge in [0, 0.05) is 0 Å². The zero-order chi connectivity index (χ0) is 33.7. The van der Waals surface area contributed by atoms with Crippen LogP contribution in [0.2, 0.25) is 0 Å². The summed E-state index contributed by atoms with van der Waals surface area (Å²) in [5.41, 5.74) is 5.32. The Morgan fingerprint density at radius 2 is 1.56 bits per heavy atom. The van der Waals surface area contributed by atoms with Crippen molar-refractivity contribution in [3.8, 4) is 0 Å². The number of nitrogens with one attached hydrogen (secondary N) is 1. The van der Waals surface area contributed by atoms with Gasteiger partial charge in [-0.2, -0.15) is 4.98 Å². The highest BCUT2D eigenvalue weighted by molar-refractivity contribution is 8.44. The molecule has 2 bridgehead atoms. The topological polar surface area (TPSA) is 261 Å². The molecule has 10 atom stereocenters. The van der Waals surface area contributed by atoms with Crippen molar-refractivity contribution < 1.29 is 51.0 Å². The first-order valence-corrected chi connectivity index (χ1v) is 19.3. The molecule has 256 valence electrons. The number of amides is 1. The number of aliphatic hydroxyl groups excluding tert-OH is 1. The van der Waals surface area contributed by atoms with Crippen molar-refractivity contribution in [2.45, 2.75) is 55.7 Å². The van der Waals surface area contributed by atoms with E-state index in [1.54, 1.807) is 0 Å². The van der Waals surface area contributed by atoms with Crippen LogP contribution >= 0.6 is 38.1 Å². The maximum absolute atomic E-state index is 16.1. The number of halogens is 1. The molecule has 2 unspecified atom stereocenters. The van der Waals surface area contributed by atoms with E-state index in [0.29, 0.717) is 0 Å². The standard InChI is InChI=1S/C22H23FN10O11P2S2/c23-10-14-8(42-20(10)32-5-27-11-16(24)25-4-26-17(11)32)3-40-46(38,48)44-15-13(35)7(2-39-45(37,47)43-14)41-21(15)33-6-28-12-18(33)30-22-29-9(34)1-31(22)19(12)36/h4-8,10,13-15,20-21,35H,1-3H2,(H,37,47)(H,38,48)(H2,24,25,26)(H,29,30,34)/t7-,8-,10+,13-,14-,15-,20-,21-,45?,46?/m1/s1. The van der Waals surface area contributed by atoms with Crippen molar-refractivity contribution >= 4 is 78.1 Å². The van der Waals surface area contributed by atoms with Crippen LogP contribution < -0.4 is 16.6 Å². The van der Waals surface area contributed by atoms with Crippen molar-refractivity contribution in [3.63, 3.8) is 0 Å². The Kier molecular flexibility index (Phi) is 7.73. The number of carbonyl (C=O) groups is 1. The van der Waals surface area contributed by atoms with Crippen LogP contribution in [0.25, 0.3) is 22.3 Å². The van der Waals surface area contributed by atoms with E-state index in [2.05, 4.69) is 54.7 Å². The maximum atomic E-state index is 16.1. The Hall–Kier alpha value is -3.02.